The highest BCUT2D eigenvalue weighted by atomic mass is 19.4. The van der Waals surface area contributed by atoms with E-state index < -0.39 is 29.9 Å². The Morgan fingerprint density at radius 1 is 1.43 bits per heavy atom. The number of nitrogens with zero attached hydrogens (tertiary/aromatic N) is 2. The number of halogens is 4. The molecule has 1 saturated heterocycles. The Bertz CT molecular complexity index is 608. The van der Waals surface area contributed by atoms with Crippen molar-refractivity contribution < 1.29 is 22.4 Å². The number of hydrogen-bond acceptors (Lipinski definition) is 3. The normalized spacial score (nSPS) is 22.1. The van der Waals surface area contributed by atoms with Crippen molar-refractivity contribution in [1.29, 1.82) is 5.26 Å². The fraction of sp³-hybridized carbons (Fsp3) is 0.385. The molecule has 2 N–H and O–H groups in total. The zero-order valence-corrected chi connectivity index (χ0v) is 10.7. The van der Waals surface area contributed by atoms with Crippen LogP contribution in [-0.4, -0.2) is 24.7 Å². The molecule has 1 aromatic rings. The van der Waals surface area contributed by atoms with Crippen LogP contribution in [0.3, 0.4) is 0 Å². The summed E-state index contributed by atoms with van der Waals surface area (Å²) in [6, 6.07) is 3.21. The van der Waals surface area contributed by atoms with Crippen molar-refractivity contribution in [3.8, 4) is 6.07 Å². The summed E-state index contributed by atoms with van der Waals surface area (Å²) in [6.45, 7) is -0.187. The number of nitrogens with two attached hydrogens (primary N) is 1. The van der Waals surface area contributed by atoms with Gasteiger partial charge >= 0.3 is 6.18 Å². The number of alkyl halides is 4. The van der Waals surface area contributed by atoms with Crippen molar-refractivity contribution in [2.24, 2.45) is 5.73 Å². The van der Waals surface area contributed by atoms with Gasteiger partial charge in [-0.2, -0.15) is 18.4 Å². The van der Waals surface area contributed by atoms with E-state index in [1.54, 1.807) is 6.07 Å². The summed E-state index contributed by atoms with van der Waals surface area (Å²) < 4.78 is 51.3. The molecule has 1 aliphatic heterocycles. The number of rotatable bonds is 2. The maximum Gasteiger partial charge on any atom is 0.416 e. The standard InChI is InChI=1S/C13H11F4N3O/c14-9-4-11(12(19)21)20(6-9)10-2-1-8(13(15,16)17)3-7(10)5-18/h1-3,9,11H,4,6H2,(H2,19,21)/t9-,11+/m1/s1. The second-order valence-electron chi connectivity index (χ2n) is 4.75. The fourth-order valence-electron chi connectivity index (χ4n) is 2.37. The fourth-order valence-corrected chi connectivity index (χ4v) is 2.37. The number of carbonyl (C=O) groups is 1. The third kappa shape index (κ3) is 2.91. The van der Waals surface area contributed by atoms with E-state index >= 15 is 0 Å². The van der Waals surface area contributed by atoms with Gasteiger partial charge in [-0.1, -0.05) is 0 Å². The number of hydrogen-bond donors (Lipinski definition) is 1. The van der Waals surface area contributed by atoms with E-state index in [4.69, 9.17) is 11.0 Å². The maximum atomic E-state index is 13.5. The van der Waals surface area contributed by atoms with Gasteiger partial charge < -0.3 is 10.6 Å². The third-order valence-corrected chi connectivity index (χ3v) is 3.33. The van der Waals surface area contributed by atoms with Crippen molar-refractivity contribution >= 4 is 11.6 Å². The molecule has 112 valence electrons. The molecule has 4 nitrogen and oxygen atoms in total. The molecule has 0 unspecified atom stereocenters. The van der Waals surface area contributed by atoms with Gasteiger partial charge in [0.15, 0.2) is 0 Å². The molecule has 2 atom stereocenters. The summed E-state index contributed by atoms with van der Waals surface area (Å²) in [5, 5.41) is 9.01. The number of nitriles is 1. The highest BCUT2D eigenvalue weighted by Gasteiger charge is 2.38. The first-order valence-electron chi connectivity index (χ1n) is 6.05. The molecule has 1 heterocycles. The smallest absolute Gasteiger partial charge is 0.368 e. The van der Waals surface area contributed by atoms with Gasteiger partial charge in [-0.05, 0) is 18.2 Å². The van der Waals surface area contributed by atoms with Gasteiger partial charge in [-0.3, -0.25) is 4.79 Å². The van der Waals surface area contributed by atoms with Crippen LogP contribution in [0, 0.1) is 11.3 Å². The molecule has 0 aliphatic carbocycles. The lowest BCUT2D eigenvalue weighted by molar-refractivity contribution is -0.137. The molecule has 1 amide bonds. The Labute approximate surface area is 117 Å². The lowest BCUT2D eigenvalue weighted by Gasteiger charge is -2.25. The van der Waals surface area contributed by atoms with Gasteiger partial charge in [-0.25, -0.2) is 4.39 Å². The zero-order chi connectivity index (χ0) is 15.8. The Hall–Kier alpha value is -2.30. The maximum absolute atomic E-state index is 13.5. The van der Waals surface area contributed by atoms with E-state index in [-0.39, 0.29) is 24.2 Å². The molecule has 0 aromatic heterocycles. The quantitative estimate of drug-likeness (QED) is 0.849. The number of primary amides is 1. The van der Waals surface area contributed by atoms with Gasteiger partial charge in [0.2, 0.25) is 5.91 Å². The van der Waals surface area contributed by atoms with Crippen LogP contribution >= 0.6 is 0 Å². The third-order valence-electron chi connectivity index (χ3n) is 3.33. The zero-order valence-electron chi connectivity index (χ0n) is 10.7. The average molecular weight is 301 g/mol. The molecule has 21 heavy (non-hydrogen) atoms. The predicted octanol–water partition coefficient (Wildman–Crippen LogP) is 1.98. The van der Waals surface area contributed by atoms with E-state index in [1.807, 2.05) is 0 Å². The molecule has 0 radical (unpaired) electrons. The Morgan fingerprint density at radius 2 is 2.10 bits per heavy atom. The molecule has 0 bridgehead atoms. The number of anilines is 1. The van der Waals surface area contributed by atoms with Gasteiger partial charge in [0, 0.05) is 6.42 Å². The SMILES string of the molecule is N#Cc1cc(C(F)(F)F)ccc1N1C[C@H](F)C[C@H]1C(N)=O. The largest absolute Gasteiger partial charge is 0.416 e. The van der Waals surface area contributed by atoms with Crippen LogP contribution in [0.1, 0.15) is 17.5 Å². The Balaban J connectivity index is 2.45. The molecule has 1 aliphatic rings. The van der Waals surface area contributed by atoms with Crippen molar-refractivity contribution in [2.75, 3.05) is 11.4 Å². The summed E-state index contributed by atoms with van der Waals surface area (Å²) in [7, 11) is 0. The first-order chi connectivity index (χ1) is 9.74. The Kier molecular flexibility index (Phi) is 3.77. The van der Waals surface area contributed by atoms with Crippen LogP contribution in [0.5, 0.6) is 0 Å². The monoisotopic (exact) mass is 301 g/mol. The second kappa shape index (κ2) is 5.24. The van der Waals surface area contributed by atoms with Crippen LogP contribution in [0.2, 0.25) is 0 Å². The van der Waals surface area contributed by atoms with E-state index in [2.05, 4.69) is 0 Å². The van der Waals surface area contributed by atoms with Crippen LogP contribution in [0.15, 0.2) is 18.2 Å². The minimum atomic E-state index is -4.58. The van der Waals surface area contributed by atoms with Crippen LogP contribution in [0.25, 0.3) is 0 Å². The Morgan fingerprint density at radius 3 is 2.62 bits per heavy atom. The van der Waals surface area contributed by atoms with Crippen molar-refractivity contribution in [2.45, 2.75) is 24.8 Å². The number of carbonyl (C=O) groups excluding carboxylic acids is 1. The summed E-state index contributed by atoms with van der Waals surface area (Å²) in [4.78, 5) is 12.5. The summed E-state index contributed by atoms with van der Waals surface area (Å²) in [6.07, 6.45) is -6.04. The summed E-state index contributed by atoms with van der Waals surface area (Å²) >= 11 is 0. The first-order valence-corrected chi connectivity index (χ1v) is 6.05. The van der Waals surface area contributed by atoms with E-state index in [0.29, 0.717) is 6.07 Å². The van der Waals surface area contributed by atoms with E-state index in [9.17, 15) is 22.4 Å². The van der Waals surface area contributed by atoms with Crippen LogP contribution in [0.4, 0.5) is 23.2 Å². The van der Waals surface area contributed by atoms with Crippen molar-refractivity contribution in [3.05, 3.63) is 29.3 Å². The molecule has 8 heteroatoms. The lowest BCUT2D eigenvalue weighted by atomic mass is 10.1. The molecular weight excluding hydrogens is 290 g/mol. The minimum absolute atomic E-state index is 0.0782. The molecule has 2 rings (SSSR count). The van der Waals surface area contributed by atoms with Gasteiger partial charge in [0.25, 0.3) is 0 Å². The minimum Gasteiger partial charge on any atom is -0.368 e. The highest BCUT2D eigenvalue weighted by Crippen LogP contribution is 2.35. The van der Waals surface area contributed by atoms with Gasteiger partial charge in [0.05, 0.1) is 23.4 Å². The highest BCUT2D eigenvalue weighted by molar-refractivity contribution is 5.85. The first kappa shape index (κ1) is 15.1. The molecule has 0 spiro atoms. The van der Waals surface area contributed by atoms with E-state index in [0.717, 1.165) is 12.1 Å². The molecule has 1 aromatic carbocycles. The van der Waals surface area contributed by atoms with Gasteiger partial charge in [-0.15, -0.1) is 0 Å². The average Bonchev–Trinajstić information content (AvgIpc) is 2.79. The van der Waals surface area contributed by atoms with E-state index in [1.165, 1.54) is 4.90 Å². The van der Waals surface area contributed by atoms with Crippen molar-refractivity contribution in [1.82, 2.24) is 0 Å². The second-order valence-corrected chi connectivity index (χ2v) is 4.75. The van der Waals surface area contributed by atoms with Crippen LogP contribution < -0.4 is 10.6 Å². The lowest BCUT2D eigenvalue weighted by Crippen LogP contribution is -2.40. The molecular formula is C13H11F4N3O. The number of benzene rings is 1. The molecule has 1 fully saturated rings. The summed E-state index contributed by atoms with van der Waals surface area (Å²) in [5.41, 5.74) is 4.00. The topological polar surface area (TPSA) is 70.1 Å². The predicted molar refractivity (Wildman–Crippen MR) is 66.0 cm³/mol. The molecule has 0 saturated carbocycles. The number of amides is 1. The van der Waals surface area contributed by atoms with Gasteiger partial charge in [0.1, 0.15) is 18.3 Å². The van der Waals surface area contributed by atoms with Crippen LogP contribution in [-0.2, 0) is 11.0 Å². The summed E-state index contributed by atoms with van der Waals surface area (Å²) in [5.74, 6) is -0.779. The van der Waals surface area contributed by atoms with Crippen molar-refractivity contribution in [3.63, 3.8) is 0 Å².